The van der Waals surface area contributed by atoms with Crippen molar-refractivity contribution < 1.29 is 32.2 Å². The van der Waals surface area contributed by atoms with E-state index < -0.39 is 23.6 Å². The van der Waals surface area contributed by atoms with Crippen LogP contribution in [0.2, 0.25) is 0 Å². The zero-order valence-corrected chi connectivity index (χ0v) is 18.6. The van der Waals surface area contributed by atoms with Crippen molar-refractivity contribution in [1.82, 2.24) is 5.32 Å². The molecule has 1 heterocycles. The molecule has 0 saturated carbocycles. The van der Waals surface area contributed by atoms with Crippen molar-refractivity contribution in [3.8, 4) is 5.75 Å². The molecule has 178 valence electrons. The minimum absolute atomic E-state index is 0.00501. The second-order valence-corrected chi connectivity index (χ2v) is 8.15. The molecule has 2 aliphatic rings. The van der Waals surface area contributed by atoms with E-state index in [0.717, 1.165) is 6.07 Å². The first-order valence-electron chi connectivity index (χ1n) is 11.0. The van der Waals surface area contributed by atoms with E-state index in [1.54, 1.807) is 31.2 Å². The Hall–Kier alpha value is -3.55. The number of alkyl halides is 3. The van der Waals surface area contributed by atoms with E-state index in [9.17, 15) is 22.8 Å². The number of ketones is 1. The first kappa shape index (κ1) is 23.6. The summed E-state index contributed by atoms with van der Waals surface area (Å²) in [6.07, 6.45) is -3.30. The van der Waals surface area contributed by atoms with Gasteiger partial charge in [-0.05, 0) is 43.5 Å². The molecule has 2 aromatic rings. The Balaban J connectivity index is 1.65. The number of allylic oxidation sites excluding steroid dienone is 3. The predicted molar refractivity (Wildman–Crippen MR) is 119 cm³/mol. The highest BCUT2D eigenvalue weighted by molar-refractivity contribution is 6.03. The van der Waals surface area contributed by atoms with Crippen LogP contribution in [0.25, 0.3) is 0 Å². The molecular weight excluding hydrogens is 447 g/mol. The summed E-state index contributed by atoms with van der Waals surface area (Å²) in [6.45, 7) is 1.59. The number of rotatable bonds is 6. The Kier molecular flexibility index (Phi) is 6.77. The summed E-state index contributed by atoms with van der Waals surface area (Å²) in [4.78, 5) is 26.0. The third-order valence-corrected chi connectivity index (χ3v) is 5.90. The molecule has 0 fully saturated rings. The third-order valence-electron chi connectivity index (χ3n) is 5.90. The molecule has 1 N–H and O–H groups in total. The van der Waals surface area contributed by atoms with E-state index in [4.69, 9.17) is 9.47 Å². The van der Waals surface area contributed by atoms with Crippen LogP contribution in [0.15, 0.2) is 77.1 Å². The molecule has 0 radical (unpaired) electrons. The second-order valence-electron chi connectivity index (χ2n) is 8.15. The predicted octanol–water partition coefficient (Wildman–Crippen LogP) is 5.30. The van der Waals surface area contributed by atoms with Crippen LogP contribution < -0.4 is 10.1 Å². The maximum Gasteiger partial charge on any atom is 0.416 e. The molecule has 0 spiro atoms. The van der Waals surface area contributed by atoms with Crippen LogP contribution in [0.4, 0.5) is 13.2 Å². The van der Waals surface area contributed by atoms with Crippen LogP contribution >= 0.6 is 0 Å². The number of Topliss-reactive ketones (excluding diaryl/α,β-unsaturated/α-hetero) is 1. The molecule has 1 aliphatic heterocycles. The molecule has 0 unspecified atom stereocenters. The lowest BCUT2D eigenvalue weighted by molar-refractivity contribution is -0.141. The average Bonchev–Trinajstić information content (AvgIpc) is 2.81. The third kappa shape index (κ3) is 4.85. The minimum Gasteiger partial charge on any atom is -0.490 e. The summed E-state index contributed by atoms with van der Waals surface area (Å²) in [5, 5.41) is 3.08. The van der Waals surface area contributed by atoms with Gasteiger partial charge in [0.15, 0.2) is 5.78 Å². The fraction of sp³-hybridized carbons (Fsp3) is 0.308. The highest BCUT2D eigenvalue weighted by Gasteiger charge is 2.43. The van der Waals surface area contributed by atoms with Gasteiger partial charge in [0.25, 0.3) is 0 Å². The molecule has 1 atom stereocenters. The van der Waals surface area contributed by atoms with Gasteiger partial charge in [-0.15, -0.1) is 0 Å². The lowest BCUT2D eigenvalue weighted by Gasteiger charge is -2.35. The van der Waals surface area contributed by atoms with E-state index in [2.05, 4.69) is 5.32 Å². The topological polar surface area (TPSA) is 64.6 Å². The quantitative estimate of drug-likeness (QED) is 0.458. The van der Waals surface area contributed by atoms with Crippen molar-refractivity contribution in [2.24, 2.45) is 0 Å². The lowest BCUT2D eigenvalue weighted by atomic mass is 9.74. The summed E-state index contributed by atoms with van der Waals surface area (Å²) in [5.41, 5.74) is 0.152. The number of carbonyl (C=O) groups is 2. The van der Waals surface area contributed by atoms with Crippen molar-refractivity contribution in [3.63, 3.8) is 0 Å². The zero-order valence-electron chi connectivity index (χ0n) is 18.6. The summed E-state index contributed by atoms with van der Waals surface area (Å²) < 4.78 is 52.6. The van der Waals surface area contributed by atoms with E-state index in [1.165, 1.54) is 18.2 Å². The Labute approximate surface area is 195 Å². The highest BCUT2D eigenvalue weighted by atomic mass is 19.4. The number of halogens is 3. The number of carbonyl (C=O) groups excluding carboxylic acids is 2. The number of hydrogen-bond donors (Lipinski definition) is 1. The Morgan fingerprint density at radius 1 is 1.03 bits per heavy atom. The number of benzene rings is 2. The Morgan fingerprint density at radius 3 is 2.47 bits per heavy atom. The first-order chi connectivity index (χ1) is 16.3. The zero-order chi connectivity index (χ0) is 24.3. The van der Waals surface area contributed by atoms with E-state index in [-0.39, 0.29) is 42.1 Å². The fourth-order valence-electron chi connectivity index (χ4n) is 4.46. The summed E-state index contributed by atoms with van der Waals surface area (Å²) in [6, 6.07) is 14.0. The van der Waals surface area contributed by atoms with E-state index in [1.807, 2.05) is 6.07 Å². The van der Waals surface area contributed by atoms with Gasteiger partial charge in [0.2, 0.25) is 0 Å². The fourth-order valence-corrected chi connectivity index (χ4v) is 4.46. The van der Waals surface area contributed by atoms with Gasteiger partial charge in [0.05, 0.1) is 11.1 Å². The van der Waals surface area contributed by atoms with Crippen LogP contribution in [0, 0.1) is 0 Å². The van der Waals surface area contributed by atoms with Gasteiger partial charge in [0.1, 0.15) is 19.0 Å². The van der Waals surface area contributed by atoms with E-state index in [0.29, 0.717) is 30.0 Å². The molecular formula is C26H24F3NO4. The minimum atomic E-state index is -4.65. The van der Waals surface area contributed by atoms with Gasteiger partial charge in [-0.25, -0.2) is 4.79 Å². The van der Waals surface area contributed by atoms with Crippen LogP contribution in [0.1, 0.15) is 43.2 Å². The van der Waals surface area contributed by atoms with Crippen molar-refractivity contribution >= 4 is 11.8 Å². The molecule has 1 aliphatic carbocycles. The summed E-state index contributed by atoms with van der Waals surface area (Å²) in [5.74, 6) is -1.60. The average molecular weight is 471 g/mol. The Morgan fingerprint density at radius 2 is 1.74 bits per heavy atom. The summed E-state index contributed by atoms with van der Waals surface area (Å²) in [7, 11) is 0. The van der Waals surface area contributed by atoms with Gasteiger partial charge >= 0.3 is 12.1 Å². The maximum absolute atomic E-state index is 13.9. The van der Waals surface area contributed by atoms with Crippen molar-refractivity contribution in [2.45, 2.75) is 38.3 Å². The number of esters is 1. The van der Waals surface area contributed by atoms with Crippen molar-refractivity contribution in [2.75, 3.05) is 13.2 Å². The number of ether oxygens (including phenoxy) is 2. The van der Waals surface area contributed by atoms with Gasteiger partial charge in [-0.1, -0.05) is 36.4 Å². The molecule has 34 heavy (non-hydrogen) atoms. The van der Waals surface area contributed by atoms with Crippen LogP contribution in [0.5, 0.6) is 5.75 Å². The molecule has 0 amide bonds. The van der Waals surface area contributed by atoms with Crippen LogP contribution in [0.3, 0.4) is 0 Å². The van der Waals surface area contributed by atoms with E-state index >= 15 is 0 Å². The number of para-hydroxylation sites is 1. The SMILES string of the molecule is CC1=C(C(=O)OCCOc2ccccc2)[C@@H](c2ccccc2C(F)(F)F)C2=C(CCCC2=O)N1. The first-order valence-corrected chi connectivity index (χ1v) is 11.0. The standard InChI is InChI=1S/C26H24F3NO4/c1-16-22(25(32)34-15-14-33-17-8-3-2-4-9-17)23(24-20(30-16)12-7-13-21(24)31)18-10-5-6-11-19(18)26(27,28)29/h2-6,8-11,23,30H,7,12-15H2,1H3/t23-/m1/s1. The second kappa shape index (κ2) is 9.75. The monoisotopic (exact) mass is 471 g/mol. The number of nitrogens with one attached hydrogen (secondary N) is 1. The molecule has 0 aromatic heterocycles. The molecule has 0 saturated heterocycles. The lowest BCUT2D eigenvalue weighted by Crippen LogP contribution is -2.35. The molecule has 0 bridgehead atoms. The van der Waals surface area contributed by atoms with Gasteiger partial charge in [-0.2, -0.15) is 13.2 Å². The van der Waals surface area contributed by atoms with Gasteiger partial charge < -0.3 is 14.8 Å². The highest BCUT2D eigenvalue weighted by Crippen LogP contribution is 2.46. The van der Waals surface area contributed by atoms with Crippen LogP contribution in [-0.4, -0.2) is 25.0 Å². The van der Waals surface area contributed by atoms with Crippen molar-refractivity contribution in [3.05, 3.63) is 88.3 Å². The van der Waals surface area contributed by atoms with Crippen LogP contribution in [-0.2, 0) is 20.5 Å². The molecule has 2 aromatic carbocycles. The van der Waals surface area contributed by atoms with Gasteiger partial charge in [-0.3, -0.25) is 4.79 Å². The molecule has 8 heteroatoms. The number of dihydropyridines is 1. The maximum atomic E-state index is 13.9. The number of hydrogen-bond acceptors (Lipinski definition) is 5. The largest absolute Gasteiger partial charge is 0.490 e. The summed E-state index contributed by atoms with van der Waals surface area (Å²) >= 11 is 0. The Bertz CT molecular complexity index is 1150. The van der Waals surface area contributed by atoms with Crippen molar-refractivity contribution in [1.29, 1.82) is 0 Å². The van der Waals surface area contributed by atoms with Gasteiger partial charge in [0, 0.05) is 29.3 Å². The smallest absolute Gasteiger partial charge is 0.416 e. The molecule has 4 rings (SSSR count). The normalized spacial score (nSPS) is 18.4. The molecule has 5 nitrogen and oxygen atoms in total.